The molecule has 3 aliphatic heterocycles. The van der Waals surface area contributed by atoms with Crippen LogP contribution >= 0.6 is 0 Å². The number of fused-ring (bicyclic) bond motifs is 2. The third-order valence-electron chi connectivity index (χ3n) is 12.5. The van der Waals surface area contributed by atoms with Gasteiger partial charge < -0.3 is 9.80 Å². The number of likely N-dealkylation sites (tertiary alicyclic amines) is 1. The van der Waals surface area contributed by atoms with E-state index in [1.54, 1.807) is 33.8 Å². The number of nitrogens with zero attached hydrogens (tertiary/aromatic N) is 4. The Morgan fingerprint density at radius 2 is 1.64 bits per heavy atom. The summed E-state index contributed by atoms with van der Waals surface area (Å²) in [6.07, 6.45) is 11.7. The standard InChI is InChI=1S/C40H54F2N4O5S2/c1-27(2)46(35-14-13-28(3)37(23-35)52(48,49)45-20-17-40(41,42)26-45)53(50,51)38-22-34(39(47)44-19-16-31-10-6-8-12-33(31)25-44)21-36(29(38)4)43-18-15-30-9-5-7-11-32(30)24-43/h12-14,21-23,27,30-32H,5-11,15-20,24-26H2,1-4H3. The number of allylic oxidation sites excluding steroid dienone is 1. The lowest BCUT2D eigenvalue weighted by Crippen LogP contribution is -2.43. The van der Waals surface area contributed by atoms with Gasteiger partial charge in [0.25, 0.3) is 21.9 Å². The van der Waals surface area contributed by atoms with Gasteiger partial charge in [0.2, 0.25) is 10.0 Å². The van der Waals surface area contributed by atoms with Crippen molar-refractivity contribution in [2.24, 2.45) is 17.8 Å². The third-order valence-corrected chi connectivity index (χ3v) is 16.6. The summed E-state index contributed by atoms with van der Waals surface area (Å²) in [5, 5.41) is 0. The maximum atomic E-state index is 15.1. The Kier molecular flexibility index (Phi) is 10.5. The molecular weight excluding hydrogens is 719 g/mol. The van der Waals surface area contributed by atoms with Crippen LogP contribution < -0.4 is 9.21 Å². The molecule has 9 nitrogen and oxygen atoms in total. The number of sulfonamides is 2. The fraction of sp³-hybridized carbons (Fsp3) is 0.625. The van der Waals surface area contributed by atoms with Gasteiger partial charge in [0.15, 0.2) is 0 Å². The number of benzene rings is 2. The van der Waals surface area contributed by atoms with E-state index < -0.39 is 45.0 Å². The van der Waals surface area contributed by atoms with Gasteiger partial charge in [-0.1, -0.05) is 37.0 Å². The molecule has 3 saturated heterocycles. The molecule has 53 heavy (non-hydrogen) atoms. The van der Waals surface area contributed by atoms with Gasteiger partial charge in [0.1, 0.15) is 0 Å². The highest BCUT2D eigenvalue weighted by atomic mass is 32.2. The van der Waals surface area contributed by atoms with Crippen LogP contribution in [0.25, 0.3) is 0 Å². The minimum absolute atomic E-state index is 0.00810. The summed E-state index contributed by atoms with van der Waals surface area (Å²) in [5.74, 6) is -1.64. The van der Waals surface area contributed by atoms with E-state index in [4.69, 9.17) is 0 Å². The second kappa shape index (κ2) is 14.6. The summed E-state index contributed by atoms with van der Waals surface area (Å²) >= 11 is 0. The number of aryl methyl sites for hydroxylation is 1. The van der Waals surface area contributed by atoms with E-state index in [0.717, 1.165) is 61.6 Å². The number of hydrogen-bond donors (Lipinski definition) is 0. The molecule has 2 aromatic carbocycles. The summed E-state index contributed by atoms with van der Waals surface area (Å²) in [4.78, 5) is 18.3. The van der Waals surface area contributed by atoms with Crippen LogP contribution in [0.15, 0.2) is 51.8 Å². The van der Waals surface area contributed by atoms with Gasteiger partial charge in [-0.3, -0.25) is 9.10 Å². The molecule has 0 radical (unpaired) electrons. The lowest BCUT2D eigenvalue weighted by Gasteiger charge is -2.43. The van der Waals surface area contributed by atoms with Crippen molar-refractivity contribution < 1.29 is 30.4 Å². The summed E-state index contributed by atoms with van der Waals surface area (Å²) in [6, 6.07) is 7.14. The van der Waals surface area contributed by atoms with Crippen molar-refractivity contribution in [2.45, 2.75) is 114 Å². The summed E-state index contributed by atoms with van der Waals surface area (Å²) in [7, 11) is -8.73. The Balaban J connectivity index is 1.30. The van der Waals surface area contributed by atoms with Crippen molar-refractivity contribution in [1.29, 1.82) is 0 Å². The average Bonchev–Trinajstić information content (AvgIpc) is 3.51. The number of hydrogen-bond acceptors (Lipinski definition) is 6. The molecule has 0 spiro atoms. The predicted molar refractivity (Wildman–Crippen MR) is 204 cm³/mol. The maximum Gasteiger partial charge on any atom is 0.264 e. The second-order valence-electron chi connectivity index (χ2n) is 16.4. The van der Waals surface area contributed by atoms with E-state index in [9.17, 15) is 22.0 Å². The SMILES string of the molecule is Cc1ccc(N(C(C)C)S(=O)(=O)c2cc(C(=O)N3CCC4CCCC=C4C3)cc(N3CCC4CCCCC4C3)c2C)cc1S(=O)(=O)N1CCC(F)(F)C1. The average molecular weight is 773 g/mol. The molecule has 3 atom stereocenters. The van der Waals surface area contributed by atoms with Crippen LogP contribution in [0.3, 0.4) is 0 Å². The van der Waals surface area contributed by atoms with Crippen LogP contribution in [0.4, 0.5) is 20.2 Å². The van der Waals surface area contributed by atoms with Crippen molar-refractivity contribution in [2.75, 3.05) is 48.5 Å². The molecule has 2 aliphatic carbocycles. The number of carbonyl (C=O) groups excluding carboxylic acids is 1. The Labute approximate surface area is 314 Å². The van der Waals surface area contributed by atoms with Crippen LogP contribution in [0.2, 0.25) is 0 Å². The first-order chi connectivity index (χ1) is 25.1. The molecule has 3 unspecified atom stereocenters. The van der Waals surface area contributed by atoms with Gasteiger partial charge >= 0.3 is 0 Å². The monoisotopic (exact) mass is 772 g/mol. The van der Waals surface area contributed by atoms with E-state index in [1.165, 1.54) is 47.3 Å². The maximum absolute atomic E-state index is 15.1. The summed E-state index contributed by atoms with van der Waals surface area (Å²) in [5.41, 5.74) is 3.37. The minimum Gasteiger partial charge on any atom is -0.371 e. The smallest absolute Gasteiger partial charge is 0.264 e. The summed E-state index contributed by atoms with van der Waals surface area (Å²) in [6.45, 7) is 8.32. The van der Waals surface area contributed by atoms with Gasteiger partial charge in [-0.15, -0.1) is 0 Å². The molecule has 0 aromatic heterocycles. The number of alkyl halides is 2. The first-order valence-corrected chi connectivity index (χ1v) is 22.4. The van der Waals surface area contributed by atoms with E-state index in [0.29, 0.717) is 47.5 Å². The predicted octanol–water partition coefficient (Wildman–Crippen LogP) is 7.53. The first kappa shape index (κ1) is 38.3. The Hall–Kier alpha value is -3.03. The lowest BCUT2D eigenvalue weighted by atomic mass is 9.75. The molecule has 290 valence electrons. The number of rotatable bonds is 8. The highest BCUT2D eigenvalue weighted by Crippen LogP contribution is 2.42. The van der Waals surface area contributed by atoms with Gasteiger partial charge in [-0.05, 0) is 119 Å². The lowest BCUT2D eigenvalue weighted by molar-refractivity contribution is 0.0183. The number of amides is 1. The zero-order valence-electron chi connectivity index (χ0n) is 31.5. The highest BCUT2D eigenvalue weighted by Gasteiger charge is 2.44. The molecule has 7 rings (SSSR count). The highest BCUT2D eigenvalue weighted by molar-refractivity contribution is 7.93. The molecule has 5 aliphatic rings. The number of piperidine rings is 2. The van der Waals surface area contributed by atoms with Crippen molar-refractivity contribution in [1.82, 2.24) is 9.21 Å². The molecular formula is C40H54F2N4O5S2. The number of anilines is 2. The van der Waals surface area contributed by atoms with Crippen molar-refractivity contribution in [3.8, 4) is 0 Å². The van der Waals surface area contributed by atoms with Crippen LogP contribution in [0.1, 0.15) is 99.5 Å². The second-order valence-corrected chi connectivity index (χ2v) is 20.1. The topological polar surface area (TPSA) is 98.3 Å². The molecule has 13 heteroatoms. The Bertz CT molecular complexity index is 2000. The van der Waals surface area contributed by atoms with Crippen LogP contribution in [-0.2, 0) is 20.0 Å². The third kappa shape index (κ3) is 7.38. The van der Waals surface area contributed by atoms with Gasteiger partial charge in [-0.2, -0.15) is 4.31 Å². The van der Waals surface area contributed by atoms with Crippen molar-refractivity contribution in [3.63, 3.8) is 0 Å². The first-order valence-electron chi connectivity index (χ1n) is 19.5. The molecule has 4 fully saturated rings. The zero-order valence-corrected chi connectivity index (χ0v) is 33.1. The van der Waals surface area contributed by atoms with E-state index >= 15 is 8.42 Å². The molecule has 0 N–H and O–H groups in total. The van der Waals surface area contributed by atoms with Gasteiger partial charge in [0, 0.05) is 56.4 Å². The molecule has 1 saturated carbocycles. The van der Waals surface area contributed by atoms with E-state index in [1.807, 2.05) is 11.0 Å². The van der Waals surface area contributed by atoms with Gasteiger partial charge in [0.05, 0.1) is 22.0 Å². The van der Waals surface area contributed by atoms with Crippen LogP contribution in [-0.4, -0.2) is 83.2 Å². The largest absolute Gasteiger partial charge is 0.371 e. The number of halogens is 2. The fourth-order valence-electron chi connectivity index (χ4n) is 9.58. The van der Waals surface area contributed by atoms with Crippen LogP contribution in [0, 0.1) is 31.6 Å². The van der Waals surface area contributed by atoms with E-state index in [-0.39, 0.29) is 27.9 Å². The quantitative estimate of drug-likeness (QED) is 0.258. The molecule has 1 amide bonds. The van der Waals surface area contributed by atoms with Gasteiger partial charge in [-0.25, -0.2) is 25.6 Å². The van der Waals surface area contributed by atoms with Crippen molar-refractivity contribution in [3.05, 3.63) is 58.7 Å². The van der Waals surface area contributed by atoms with E-state index in [2.05, 4.69) is 11.0 Å². The Morgan fingerprint density at radius 3 is 2.36 bits per heavy atom. The normalized spacial score (nSPS) is 25.2. The Morgan fingerprint density at radius 1 is 0.887 bits per heavy atom. The summed E-state index contributed by atoms with van der Waals surface area (Å²) < 4.78 is 87.9. The zero-order chi connectivity index (χ0) is 37.9. The molecule has 3 heterocycles. The molecule has 2 aromatic rings. The minimum atomic E-state index is -4.39. The number of carbonyl (C=O) groups is 1. The fourth-order valence-corrected chi connectivity index (χ4v) is 13.2. The van der Waals surface area contributed by atoms with Crippen LogP contribution in [0.5, 0.6) is 0 Å². The molecule has 0 bridgehead atoms. The van der Waals surface area contributed by atoms with Crippen molar-refractivity contribution >= 4 is 37.3 Å².